The fraction of sp³-hybridized carbons (Fsp3) is 0.222. The standard InChI is InChI=1S/C9H7BrF3NO2/c1-4(15)5-2-3-6(10)8(7(5)14)16-9(11,12)13/h2-3H,14H2,1H3. The number of anilines is 1. The van der Waals surface area contributed by atoms with Crippen molar-refractivity contribution in [2.45, 2.75) is 13.3 Å². The number of hydrogen-bond acceptors (Lipinski definition) is 3. The first-order chi connectivity index (χ1) is 7.22. The van der Waals surface area contributed by atoms with E-state index in [9.17, 15) is 18.0 Å². The number of ether oxygens (including phenoxy) is 1. The fourth-order valence-corrected chi connectivity index (χ4v) is 1.53. The maximum absolute atomic E-state index is 12.1. The molecule has 0 unspecified atom stereocenters. The monoisotopic (exact) mass is 297 g/mol. The van der Waals surface area contributed by atoms with Crippen molar-refractivity contribution < 1.29 is 22.7 Å². The van der Waals surface area contributed by atoms with Crippen LogP contribution in [0.3, 0.4) is 0 Å². The summed E-state index contributed by atoms with van der Waals surface area (Å²) in [5.41, 5.74) is 5.07. The molecule has 2 N–H and O–H groups in total. The molecule has 1 rings (SSSR count). The van der Waals surface area contributed by atoms with Crippen LogP contribution < -0.4 is 10.5 Å². The zero-order valence-electron chi connectivity index (χ0n) is 8.06. The van der Waals surface area contributed by atoms with Crippen molar-refractivity contribution in [1.29, 1.82) is 0 Å². The summed E-state index contributed by atoms with van der Waals surface area (Å²) >= 11 is 2.87. The van der Waals surface area contributed by atoms with Crippen LogP contribution in [0, 0.1) is 0 Å². The van der Waals surface area contributed by atoms with Gasteiger partial charge in [-0.2, -0.15) is 0 Å². The first-order valence-corrected chi connectivity index (χ1v) is 4.86. The van der Waals surface area contributed by atoms with Crippen LogP contribution in [0.4, 0.5) is 18.9 Å². The number of Topliss-reactive ketones (excluding diaryl/α,β-unsaturated/α-hetero) is 1. The normalized spacial score (nSPS) is 11.3. The SMILES string of the molecule is CC(=O)c1ccc(Br)c(OC(F)(F)F)c1N. The summed E-state index contributed by atoms with van der Waals surface area (Å²) in [5.74, 6) is -1.03. The molecule has 0 aromatic heterocycles. The van der Waals surface area contributed by atoms with Gasteiger partial charge in [0.1, 0.15) is 0 Å². The molecule has 0 radical (unpaired) electrons. The van der Waals surface area contributed by atoms with Crippen LogP contribution in [-0.4, -0.2) is 12.1 Å². The third-order valence-electron chi connectivity index (χ3n) is 1.75. The van der Waals surface area contributed by atoms with Crippen molar-refractivity contribution in [3.8, 4) is 5.75 Å². The van der Waals surface area contributed by atoms with E-state index in [4.69, 9.17) is 5.73 Å². The Hall–Kier alpha value is -1.24. The van der Waals surface area contributed by atoms with Crippen molar-refractivity contribution in [2.24, 2.45) is 0 Å². The van der Waals surface area contributed by atoms with Gasteiger partial charge in [0, 0.05) is 5.56 Å². The minimum absolute atomic E-state index is 0.0116. The number of carbonyl (C=O) groups excluding carboxylic acids is 1. The fourth-order valence-electron chi connectivity index (χ4n) is 1.10. The number of halogens is 4. The number of hydrogen-bond donors (Lipinski definition) is 1. The van der Waals surface area contributed by atoms with Gasteiger partial charge in [0.2, 0.25) is 0 Å². The van der Waals surface area contributed by atoms with Crippen molar-refractivity contribution in [1.82, 2.24) is 0 Å². The molecule has 0 saturated heterocycles. The maximum atomic E-state index is 12.1. The molecule has 0 saturated carbocycles. The highest BCUT2D eigenvalue weighted by molar-refractivity contribution is 9.10. The highest BCUT2D eigenvalue weighted by Gasteiger charge is 2.33. The summed E-state index contributed by atoms with van der Waals surface area (Å²) in [6, 6.07) is 2.60. The Morgan fingerprint density at radius 1 is 1.44 bits per heavy atom. The quantitative estimate of drug-likeness (QED) is 0.674. The molecule has 0 aliphatic carbocycles. The summed E-state index contributed by atoms with van der Waals surface area (Å²) in [5, 5.41) is 0. The van der Waals surface area contributed by atoms with E-state index >= 15 is 0 Å². The molecule has 1 aromatic carbocycles. The lowest BCUT2D eigenvalue weighted by Crippen LogP contribution is -2.19. The molecular formula is C9H7BrF3NO2. The number of nitrogen functional groups attached to an aromatic ring is 1. The molecule has 0 spiro atoms. The topological polar surface area (TPSA) is 52.3 Å². The van der Waals surface area contributed by atoms with Gasteiger partial charge in [-0.25, -0.2) is 0 Å². The Balaban J connectivity index is 3.27. The predicted octanol–water partition coefficient (Wildman–Crippen LogP) is 3.13. The highest BCUT2D eigenvalue weighted by atomic mass is 79.9. The highest BCUT2D eigenvalue weighted by Crippen LogP contribution is 2.37. The van der Waals surface area contributed by atoms with Gasteiger partial charge < -0.3 is 10.5 Å². The van der Waals surface area contributed by atoms with Gasteiger partial charge in [-0.1, -0.05) is 0 Å². The predicted molar refractivity (Wildman–Crippen MR) is 55.2 cm³/mol. The second kappa shape index (κ2) is 4.32. The molecule has 0 heterocycles. The Kier molecular flexibility index (Phi) is 3.47. The minimum atomic E-state index is -4.86. The third kappa shape index (κ3) is 2.88. The molecule has 88 valence electrons. The van der Waals surface area contributed by atoms with E-state index in [2.05, 4.69) is 20.7 Å². The lowest BCUT2D eigenvalue weighted by atomic mass is 10.1. The first kappa shape index (κ1) is 12.8. The molecule has 0 bridgehead atoms. The Morgan fingerprint density at radius 3 is 2.44 bits per heavy atom. The van der Waals surface area contributed by atoms with Gasteiger partial charge in [-0.3, -0.25) is 4.79 Å². The van der Waals surface area contributed by atoms with Gasteiger partial charge in [0.15, 0.2) is 11.5 Å². The second-order valence-electron chi connectivity index (χ2n) is 2.94. The molecule has 3 nitrogen and oxygen atoms in total. The average molecular weight is 298 g/mol. The summed E-state index contributed by atoms with van der Waals surface area (Å²) in [7, 11) is 0. The second-order valence-corrected chi connectivity index (χ2v) is 3.80. The molecule has 0 aliphatic heterocycles. The molecule has 0 atom stereocenters. The summed E-state index contributed by atoms with van der Waals surface area (Å²) < 4.78 is 39.9. The number of rotatable bonds is 2. The van der Waals surface area contributed by atoms with Crippen LogP contribution in [0.25, 0.3) is 0 Å². The number of nitrogens with two attached hydrogens (primary N) is 1. The Bertz CT molecular complexity index is 431. The Labute approximate surface area is 97.5 Å². The van der Waals surface area contributed by atoms with Crippen LogP contribution in [0.2, 0.25) is 0 Å². The van der Waals surface area contributed by atoms with Gasteiger partial charge >= 0.3 is 6.36 Å². The average Bonchev–Trinajstić information content (AvgIpc) is 2.10. The molecule has 16 heavy (non-hydrogen) atoms. The molecule has 0 amide bonds. The summed E-state index contributed by atoms with van der Waals surface area (Å²) in [6.07, 6.45) is -4.86. The van der Waals surface area contributed by atoms with Gasteiger partial charge in [-0.15, -0.1) is 13.2 Å². The van der Waals surface area contributed by atoms with Crippen molar-refractivity contribution in [3.63, 3.8) is 0 Å². The van der Waals surface area contributed by atoms with Crippen LogP contribution in [0.1, 0.15) is 17.3 Å². The van der Waals surface area contributed by atoms with Gasteiger partial charge in [0.05, 0.1) is 10.2 Å². The van der Waals surface area contributed by atoms with Crippen molar-refractivity contribution >= 4 is 27.4 Å². The Morgan fingerprint density at radius 2 is 2.00 bits per heavy atom. The lowest BCUT2D eigenvalue weighted by molar-refractivity contribution is -0.274. The lowest BCUT2D eigenvalue weighted by Gasteiger charge is -2.14. The van der Waals surface area contributed by atoms with Gasteiger partial charge in [-0.05, 0) is 35.0 Å². The number of alkyl halides is 3. The molecule has 0 fully saturated rings. The van der Waals surface area contributed by atoms with Crippen LogP contribution in [-0.2, 0) is 0 Å². The van der Waals surface area contributed by atoms with E-state index in [1.54, 1.807) is 0 Å². The van der Waals surface area contributed by atoms with Crippen LogP contribution in [0.5, 0.6) is 5.75 Å². The maximum Gasteiger partial charge on any atom is 0.573 e. The molecule has 7 heteroatoms. The largest absolute Gasteiger partial charge is 0.573 e. The summed E-state index contributed by atoms with van der Waals surface area (Å²) in [4.78, 5) is 11.1. The van der Waals surface area contributed by atoms with Crippen LogP contribution in [0.15, 0.2) is 16.6 Å². The van der Waals surface area contributed by atoms with Crippen molar-refractivity contribution in [2.75, 3.05) is 5.73 Å². The van der Waals surface area contributed by atoms with E-state index in [0.717, 1.165) is 0 Å². The van der Waals surface area contributed by atoms with E-state index in [1.807, 2.05) is 0 Å². The number of ketones is 1. The van der Waals surface area contributed by atoms with E-state index in [0.29, 0.717) is 0 Å². The molecular weight excluding hydrogens is 291 g/mol. The number of carbonyl (C=O) groups is 1. The first-order valence-electron chi connectivity index (χ1n) is 4.07. The number of benzene rings is 1. The minimum Gasteiger partial charge on any atom is -0.402 e. The van der Waals surface area contributed by atoms with Crippen molar-refractivity contribution in [3.05, 3.63) is 22.2 Å². The zero-order chi connectivity index (χ0) is 12.5. The molecule has 0 aliphatic rings. The zero-order valence-corrected chi connectivity index (χ0v) is 9.65. The summed E-state index contributed by atoms with van der Waals surface area (Å²) in [6.45, 7) is 1.21. The third-order valence-corrected chi connectivity index (χ3v) is 2.37. The van der Waals surface area contributed by atoms with E-state index in [1.165, 1.54) is 19.1 Å². The van der Waals surface area contributed by atoms with E-state index in [-0.39, 0.29) is 15.7 Å². The molecule has 1 aromatic rings. The van der Waals surface area contributed by atoms with E-state index < -0.39 is 17.9 Å². The smallest absolute Gasteiger partial charge is 0.402 e. The van der Waals surface area contributed by atoms with Gasteiger partial charge in [0.25, 0.3) is 0 Å². The van der Waals surface area contributed by atoms with Crippen LogP contribution >= 0.6 is 15.9 Å².